The molecule has 0 saturated carbocycles. The van der Waals surface area contributed by atoms with Crippen LogP contribution in [0.1, 0.15) is 39.2 Å². The lowest BCUT2D eigenvalue weighted by Crippen LogP contribution is -2.45. The van der Waals surface area contributed by atoms with Crippen LogP contribution >= 0.6 is 15.9 Å². The minimum Gasteiger partial charge on any atom is -0.444 e. The average molecular weight is 419 g/mol. The molecule has 26 heavy (non-hydrogen) atoms. The molecule has 1 aliphatic heterocycles. The van der Waals surface area contributed by atoms with E-state index in [1.165, 1.54) is 16.3 Å². The van der Waals surface area contributed by atoms with Gasteiger partial charge < -0.3 is 10.1 Å². The predicted molar refractivity (Wildman–Crippen MR) is 109 cm³/mol. The summed E-state index contributed by atoms with van der Waals surface area (Å²) in [5.41, 5.74) is 0.879. The quantitative estimate of drug-likeness (QED) is 0.754. The molecule has 0 aromatic heterocycles. The number of piperidine rings is 1. The second-order valence-corrected chi connectivity index (χ2v) is 8.85. The summed E-state index contributed by atoms with van der Waals surface area (Å²) in [6.45, 7) is 8.57. The molecule has 3 rings (SSSR count). The Balaban J connectivity index is 1.52. The van der Waals surface area contributed by atoms with Gasteiger partial charge in [-0.05, 0) is 62.1 Å². The molecule has 1 N–H and O–H groups in total. The zero-order valence-electron chi connectivity index (χ0n) is 15.7. The van der Waals surface area contributed by atoms with E-state index in [2.05, 4.69) is 62.5 Å². The highest BCUT2D eigenvalue weighted by Crippen LogP contribution is 2.25. The van der Waals surface area contributed by atoms with E-state index in [1.54, 1.807) is 0 Å². The number of benzene rings is 2. The van der Waals surface area contributed by atoms with E-state index in [-0.39, 0.29) is 12.1 Å². The van der Waals surface area contributed by atoms with Crippen LogP contribution < -0.4 is 5.32 Å². The highest BCUT2D eigenvalue weighted by molar-refractivity contribution is 9.10. The molecular weight excluding hydrogens is 392 g/mol. The van der Waals surface area contributed by atoms with Gasteiger partial charge in [-0.15, -0.1) is 0 Å². The van der Waals surface area contributed by atoms with Gasteiger partial charge in [0.2, 0.25) is 0 Å². The van der Waals surface area contributed by atoms with Crippen LogP contribution in [0.15, 0.2) is 40.9 Å². The largest absolute Gasteiger partial charge is 0.444 e. The average Bonchev–Trinajstić information content (AvgIpc) is 2.55. The van der Waals surface area contributed by atoms with E-state index in [0.717, 1.165) is 36.9 Å². The van der Waals surface area contributed by atoms with Crippen molar-refractivity contribution in [3.63, 3.8) is 0 Å². The molecule has 1 heterocycles. The van der Waals surface area contributed by atoms with Crippen LogP contribution in [-0.2, 0) is 11.3 Å². The number of amides is 1. The number of carbonyl (C=O) groups excluding carboxylic acids is 1. The first-order valence-electron chi connectivity index (χ1n) is 9.19. The number of hydrogen-bond acceptors (Lipinski definition) is 3. The van der Waals surface area contributed by atoms with Crippen LogP contribution in [0.5, 0.6) is 0 Å². The Morgan fingerprint density at radius 1 is 1.23 bits per heavy atom. The molecule has 2 aromatic rings. The normalized spacial score (nSPS) is 16.6. The summed E-state index contributed by atoms with van der Waals surface area (Å²) in [6, 6.07) is 13.2. The maximum atomic E-state index is 11.9. The third-order valence-corrected chi connectivity index (χ3v) is 5.30. The second-order valence-electron chi connectivity index (χ2n) is 7.99. The number of rotatable bonds is 3. The molecule has 4 nitrogen and oxygen atoms in total. The third-order valence-electron chi connectivity index (χ3n) is 4.61. The Bertz CT molecular complexity index is 777. The Hall–Kier alpha value is -1.59. The summed E-state index contributed by atoms with van der Waals surface area (Å²) in [5.74, 6) is 0. The molecule has 1 aliphatic rings. The fourth-order valence-electron chi connectivity index (χ4n) is 3.36. The summed E-state index contributed by atoms with van der Waals surface area (Å²) < 4.78 is 6.48. The molecular formula is C21H27BrN2O2. The highest BCUT2D eigenvalue weighted by Gasteiger charge is 2.23. The van der Waals surface area contributed by atoms with Crippen molar-refractivity contribution in [3.05, 3.63) is 46.4 Å². The first-order chi connectivity index (χ1) is 12.3. The number of ether oxygens (including phenoxy) is 1. The maximum absolute atomic E-state index is 11.9. The Labute approximate surface area is 164 Å². The first kappa shape index (κ1) is 19.2. The zero-order valence-corrected chi connectivity index (χ0v) is 17.3. The molecule has 0 spiro atoms. The monoisotopic (exact) mass is 418 g/mol. The van der Waals surface area contributed by atoms with Crippen LogP contribution in [0.2, 0.25) is 0 Å². The Kier molecular flexibility index (Phi) is 5.88. The summed E-state index contributed by atoms with van der Waals surface area (Å²) in [6.07, 6.45) is 1.60. The first-order valence-corrected chi connectivity index (χ1v) is 9.98. The minimum absolute atomic E-state index is 0.202. The summed E-state index contributed by atoms with van der Waals surface area (Å²) >= 11 is 3.61. The van der Waals surface area contributed by atoms with Crippen LogP contribution in [0, 0.1) is 0 Å². The molecule has 0 atom stereocenters. The standard InChI is InChI=1S/C21H27BrN2O2/c1-21(2,3)26-20(25)23-17-9-11-24(12-10-17)14-15-7-8-18-16(13-15)5-4-6-19(18)22/h4-8,13,17H,9-12,14H2,1-3H3,(H,23,25). The maximum Gasteiger partial charge on any atom is 0.407 e. The van der Waals surface area contributed by atoms with Crippen molar-refractivity contribution in [2.45, 2.75) is 51.8 Å². The number of likely N-dealkylation sites (tertiary alicyclic amines) is 1. The van der Waals surface area contributed by atoms with Gasteiger partial charge in [-0.25, -0.2) is 4.79 Å². The van der Waals surface area contributed by atoms with Crippen LogP contribution in [0.25, 0.3) is 10.8 Å². The molecule has 1 amide bonds. The third kappa shape index (κ3) is 5.21. The van der Waals surface area contributed by atoms with Gasteiger partial charge in [0.1, 0.15) is 5.60 Å². The number of carbonyl (C=O) groups is 1. The van der Waals surface area contributed by atoms with Gasteiger partial charge in [0, 0.05) is 30.1 Å². The summed E-state index contributed by atoms with van der Waals surface area (Å²) in [5, 5.41) is 5.51. The van der Waals surface area contributed by atoms with Crippen molar-refractivity contribution in [2.24, 2.45) is 0 Å². The lowest BCUT2D eigenvalue weighted by molar-refractivity contribution is 0.0477. The van der Waals surface area contributed by atoms with Crippen LogP contribution in [0.3, 0.4) is 0 Å². The van der Waals surface area contributed by atoms with Gasteiger partial charge >= 0.3 is 6.09 Å². The van der Waals surface area contributed by atoms with Crippen molar-refractivity contribution in [1.29, 1.82) is 0 Å². The molecule has 0 bridgehead atoms. The van der Waals surface area contributed by atoms with Gasteiger partial charge in [0.05, 0.1) is 0 Å². The number of alkyl carbamates (subject to hydrolysis) is 1. The fourth-order valence-corrected chi connectivity index (χ4v) is 3.87. The van der Waals surface area contributed by atoms with Crippen molar-refractivity contribution < 1.29 is 9.53 Å². The Morgan fingerprint density at radius 3 is 2.65 bits per heavy atom. The van der Waals surface area contributed by atoms with Gasteiger partial charge in [-0.3, -0.25) is 4.90 Å². The van der Waals surface area contributed by atoms with Gasteiger partial charge in [0.15, 0.2) is 0 Å². The van der Waals surface area contributed by atoms with Gasteiger partial charge in [-0.1, -0.05) is 40.2 Å². The van der Waals surface area contributed by atoms with Crippen LogP contribution in [0.4, 0.5) is 4.79 Å². The van der Waals surface area contributed by atoms with E-state index in [0.29, 0.717) is 0 Å². The molecule has 5 heteroatoms. The minimum atomic E-state index is -0.449. The molecule has 0 unspecified atom stereocenters. The predicted octanol–water partition coefficient (Wildman–Crippen LogP) is 5.09. The number of halogens is 1. The molecule has 1 fully saturated rings. The lowest BCUT2D eigenvalue weighted by Gasteiger charge is -2.32. The van der Waals surface area contributed by atoms with Gasteiger partial charge in [-0.2, -0.15) is 0 Å². The molecule has 2 aromatic carbocycles. The molecule has 140 valence electrons. The van der Waals surface area contributed by atoms with E-state index in [1.807, 2.05) is 20.8 Å². The molecule has 1 saturated heterocycles. The number of nitrogens with zero attached hydrogens (tertiary/aromatic N) is 1. The highest BCUT2D eigenvalue weighted by atomic mass is 79.9. The molecule has 0 radical (unpaired) electrons. The molecule has 0 aliphatic carbocycles. The van der Waals surface area contributed by atoms with E-state index in [9.17, 15) is 4.79 Å². The van der Waals surface area contributed by atoms with Crippen molar-refractivity contribution in [1.82, 2.24) is 10.2 Å². The summed E-state index contributed by atoms with van der Waals surface area (Å²) in [7, 11) is 0. The lowest BCUT2D eigenvalue weighted by atomic mass is 10.0. The van der Waals surface area contributed by atoms with Gasteiger partial charge in [0.25, 0.3) is 0 Å². The summed E-state index contributed by atoms with van der Waals surface area (Å²) in [4.78, 5) is 14.4. The van der Waals surface area contributed by atoms with Crippen molar-refractivity contribution >= 4 is 32.8 Å². The van der Waals surface area contributed by atoms with E-state index < -0.39 is 5.60 Å². The van der Waals surface area contributed by atoms with Crippen molar-refractivity contribution in [3.8, 4) is 0 Å². The fraction of sp³-hybridized carbons (Fsp3) is 0.476. The van der Waals surface area contributed by atoms with E-state index >= 15 is 0 Å². The Morgan fingerprint density at radius 2 is 1.96 bits per heavy atom. The zero-order chi connectivity index (χ0) is 18.7. The van der Waals surface area contributed by atoms with E-state index in [4.69, 9.17) is 4.74 Å². The topological polar surface area (TPSA) is 41.6 Å². The number of nitrogens with one attached hydrogen (secondary N) is 1. The van der Waals surface area contributed by atoms with Crippen molar-refractivity contribution in [2.75, 3.05) is 13.1 Å². The number of hydrogen-bond donors (Lipinski definition) is 1. The SMILES string of the molecule is CC(C)(C)OC(=O)NC1CCN(Cc2ccc3c(Br)cccc3c2)CC1. The second kappa shape index (κ2) is 7.97. The smallest absolute Gasteiger partial charge is 0.407 e. The van der Waals surface area contributed by atoms with Crippen LogP contribution in [-0.4, -0.2) is 35.7 Å². The number of fused-ring (bicyclic) bond motifs is 1.